The first-order chi connectivity index (χ1) is 11.8. The number of hydrogen-bond donors (Lipinski definition) is 0. The summed E-state index contributed by atoms with van der Waals surface area (Å²) in [4.78, 5) is 0. The minimum absolute atomic E-state index is 0.157. The zero-order valence-electron chi connectivity index (χ0n) is 13.4. The lowest BCUT2D eigenvalue weighted by Gasteiger charge is -2.06. The number of benzene rings is 2. The van der Waals surface area contributed by atoms with Gasteiger partial charge in [-0.2, -0.15) is 5.26 Å². The number of nitriles is 1. The molecule has 2 aromatic carbocycles. The van der Waals surface area contributed by atoms with Gasteiger partial charge < -0.3 is 14.0 Å². The van der Waals surface area contributed by atoms with Gasteiger partial charge in [-0.3, -0.25) is 0 Å². The standard InChI is InChI=1S/C19H16N2O3/c1-22-15-7-3-13(4-8-15)18-17(11-12-20)24-21-19(18)14-5-9-16(23-2)10-6-14/h3-10H,11H2,1-2H3. The van der Waals surface area contributed by atoms with Gasteiger partial charge in [0.1, 0.15) is 17.2 Å². The molecule has 0 unspecified atom stereocenters. The Balaban J connectivity index is 2.10. The van der Waals surface area contributed by atoms with Gasteiger partial charge in [-0.05, 0) is 42.0 Å². The maximum Gasteiger partial charge on any atom is 0.159 e. The second kappa shape index (κ2) is 6.88. The average Bonchev–Trinajstić information content (AvgIpc) is 3.06. The van der Waals surface area contributed by atoms with E-state index in [-0.39, 0.29) is 6.42 Å². The van der Waals surface area contributed by atoms with Crippen LogP contribution in [0, 0.1) is 11.3 Å². The normalized spacial score (nSPS) is 10.2. The Bertz CT molecular complexity index is 859. The minimum Gasteiger partial charge on any atom is -0.497 e. The second-order valence-corrected chi connectivity index (χ2v) is 5.12. The molecule has 0 fully saturated rings. The fourth-order valence-corrected chi connectivity index (χ4v) is 2.52. The molecule has 0 bridgehead atoms. The molecular formula is C19H16N2O3. The van der Waals surface area contributed by atoms with Crippen molar-refractivity contribution in [1.82, 2.24) is 5.16 Å². The van der Waals surface area contributed by atoms with Crippen molar-refractivity contribution in [2.45, 2.75) is 6.42 Å². The molecule has 0 aliphatic carbocycles. The van der Waals surface area contributed by atoms with E-state index in [1.807, 2.05) is 48.5 Å². The summed E-state index contributed by atoms with van der Waals surface area (Å²) < 4.78 is 15.8. The molecule has 0 spiro atoms. The highest BCUT2D eigenvalue weighted by Gasteiger charge is 2.19. The lowest BCUT2D eigenvalue weighted by molar-refractivity contribution is 0.394. The van der Waals surface area contributed by atoms with Gasteiger partial charge in [-0.15, -0.1) is 0 Å². The van der Waals surface area contributed by atoms with Gasteiger partial charge in [0.2, 0.25) is 0 Å². The predicted molar refractivity (Wildman–Crippen MR) is 89.8 cm³/mol. The maximum atomic E-state index is 9.05. The lowest BCUT2D eigenvalue weighted by Crippen LogP contribution is -1.89. The van der Waals surface area contributed by atoms with E-state index in [9.17, 15) is 0 Å². The van der Waals surface area contributed by atoms with Crippen LogP contribution in [0.4, 0.5) is 0 Å². The zero-order chi connectivity index (χ0) is 16.9. The summed E-state index contributed by atoms with van der Waals surface area (Å²) in [6.45, 7) is 0. The number of nitrogens with zero attached hydrogens (tertiary/aromatic N) is 2. The summed E-state index contributed by atoms with van der Waals surface area (Å²) >= 11 is 0. The van der Waals surface area contributed by atoms with Crippen LogP contribution in [-0.4, -0.2) is 19.4 Å². The van der Waals surface area contributed by atoms with Crippen molar-refractivity contribution < 1.29 is 14.0 Å². The van der Waals surface area contributed by atoms with Crippen LogP contribution in [0.2, 0.25) is 0 Å². The summed E-state index contributed by atoms with van der Waals surface area (Å²) in [5.41, 5.74) is 3.35. The van der Waals surface area contributed by atoms with Crippen LogP contribution in [-0.2, 0) is 6.42 Å². The molecule has 0 atom stereocenters. The van der Waals surface area contributed by atoms with E-state index in [0.717, 1.165) is 28.2 Å². The van der Waals surface area contributed by atoms with Crippen molar-refractivity contribution in [3.05, 3.63) is 54.3 Å². The number of hydrogen-bond acceptors (Lipinski definition) is 5. The second-order valence-electron chi connectivity index (χ2n) is 5.12. The van der Waals surface area contributed by atoms with E-state index in [1.54, 1.807) is 14.2 Å². The fourth-order valence-electron chi connectivity index (χ4n) is 2.52. The Morgan fingerprint density at radius 3 is 1.96 bits per heavy atom. The van der Waals surface area contributed by atoms with Crippen LogP contribution in [0.5, 0.6) is 11.5 Å². The Labute approximate surface area is 140 Å². The van der Waals surface area contributed by atoms with Gasteiger partial charge >= 0.3 is 0 Å². The zero-order valence-corrected chi connectivity index (χ0v) is 13.4. The van der Waals surface area contributed by atoms with Crippen LogP contribution in [0.15, 0.2) is 53.1 Å². The van der Waals surface area contributed by atoms with Crippen molar-refractivity contribution in [3.8, 4) is 40.0 Å². The van der Waals surface area contributed by atoms with Crippen molar-refractivity contribution in [1.29, 1.82) is 5.26 Å². The summed E-state index contributed by atoms with van der Waals surface area (Å²) in [6, 6.07) is 17.3. The number of aromatic nitrogens is 1. The third kappa shape index (κ3) is 2.95. The molecule has 0 radical (unpaired) electrons. The summed E-state index contributed by atoms with van der Waals surface area (Å²) in [5.74, 6) is 2.09. The van der Waals surface area contributed by atoms with Crippen LogP contribution in [0.3, 0.4) is 0 Å². The predicted octanol–water partition coefficient (Wildman–Crippen LogP) is 4.09. The van der Waals surface area contributed by atoms with E-state index in [4.69, 9.17) is 19.3 Å². The smallest absolute Gasteiger partial charge is 0.159 e. The van der Waals surface area contributed by atoms with Gasteiger partial charge in [0.25, 0.3) is 0 Å². The van der Waals surface area contributed by atoms with Crippen molar-refractivity contribution >= 4 is 0 Å². The van der Waals surface area contributed by atoms with Gasteiger partial charge in [0.15, 0.2) is 5.76 Å². The first-order valence-corrected chi connectivity index (χ1v) is 7.41. The van der Waals surface area contributed by atoms with Gasteiger partial charge in [0.05, 0.1) is 32.3 Å². The quantitative estimate of drug-likeness (QED) is 0.708. The molecule has 5 heteroatoms. The van der Waals surface area contributed by atoms with Gasteiger partial charge in [0, 0.05) is 5.56 Å². The number of rotatable bonds is 5. The SMILES string of the molecule is COc1ccc(-c2noc(CC#N)c2-c2ccc(OC)cc2)cc1. The van der Waals surface area contributed by atoms with Crippen LogP contribution < -0.4 is 9.47 Å². The Morgan fingerprint density at radius 1 is 0.917 bits per heavy atom. The third-order valence-electron chi connectivity index (χ3n) is 3.74. The molecule has 0 aliphatic rings. The maximum absolute atomic E-state index is 9.05. The van der Waals surface area contributed by atoms with Crippen LogP contribution in [0.1, 0.15) is 5.76 Å². The fraction of sp³-hybridized carbons (Fsp3) is 0.158. The molecule has 120 valence electrons. The minimum atomic E-state index is 0.157. The summed E-state index contributed by atoms with van der Waals surface area (Å²) in [5, 5.41) is 13.2. The van der Waals surface area contributed by atoms with E-state index < -0.39 is 0 Å². The van der Waals surface area contributed by atoms with E-state index >= 15 is 0 Å². The Hall–Kier alpha value is -3.26. The summed E-state index contributed by atoms with van der Waals surface area (Å²) in [6.07, 6.45) is 0.157. The lowest BCUT2D eigenvalue weighted by atomic mass is 9.98. The number of methoxy groups -OCH3 is 2. The van der Waals surface area contributed by atoms with Gasteiger partial charge in [-0.25, -0.2) is 0 Å². The molecule has 1 heterocycles. The molecule has 0 N–H and O–H groups in total. The molecule has 3 rings (SSSR count). The molecule has 3 aromatic rings. The molecule has 0 saturated heterocycles. The Morgan fingerprint density at radius 2 is 1.46 bits per heavy atom. The van der Waals surface area contributed by atoms with Crippen molar-refractivity contribution in [2.24, 2.45) is 0 Å². The molecule has 0 saturated carbocycles. The van der Waals surface area contributed by atoms with E-state index in [2.05, 4.69) is 11.2 Å². The highest BCUT2D eigenvalue weighted by molar-refractivity contribution is 5.82. The molecular weight excluding hydrogens is 304 g/mol. The first kappa shape index (κ1) is 15.6. The largest absolute Gasteiger partial charge is 0.497 e. The van der Waals surface area contributed by atoms with Crippen LogP contribution >= 0.6 is 0 Å². The van der Waals surface area contributed by atoms with Crippen molar-refractivity contribution in [3.63, 3.8) is 0 Å². The molecule has 0 amide bonds. The third-order valence-corrected chi connectivity index (χ3v) is 3.74. The van der Waals surface area contributed by atoms with E-state index in [0.29, 0.717) is 11.5 Å². The van der Waals surface area contributed by atoms with E-state index in [1.165, 1.54) is 0 Å². The summed E-state index contributed by atoms with van der Waals surface area (Å²) in [7, 11) is 3.25. The average molecular weight is 320 g/mol. The molecule has 5 nitrogen and oxygen atoms in total. The topological polar surface area (TPSA) is 68.3 Å². The highest BCUT2D eigenvalue weighted by atomic mass is 16.5. The molecule has 24 heavy (non-hydrogen) atoms. The van der Waals surface area contributed by atoms with Crippen molar-refractivity contribution in [2.75, 3.05) is 14.2 Å². The number of ether oxygens (including phenoxy) is 2. The van der Waals surface area contributed by atoms with Crippen LogP contribution in [0.25, 0.3) is 22.4 Å². The molecule has 1 aromatic heterocycles. The van der Waals surface area contributed by atoms with Gasteiger partial charge in [-0.1, -0.05) is 17.3 Å². The first-order valence-electron chi connectivity index (χ1n) is 7.41. The monoisotopic (exact) mass is 320 g/mol. The molecule has 0 aliphatic heterocycles. The highest BCUT2D eigenvalue weighted by Crippen LogP contribution is 2.36. The Kier molecular flexibility index (Phi) is 4.48.